The van der Waals surface area contributed by atoms with E-state index < -0.39 is 49.2 Å². The van der Waals surface area contributed by atoms with Crippen LogP contribution in [0.4, 0.5) is 4.79 Å². The van der Waals surface area contributed by atoms with Gasteiger partial charge in [0.25, 0.3) is 0 Å². The number of nitrogens with one attached hydrogen (secondary N) is 3. The number of fused-ring (bicyclic) bond motifs is 1. The predicted octanol–water partition coefficient (Wildman–Crippen LogP) is 5.45. The zero-order valence-electron chi connectivity index (χ0n) is 26.6. The quantitative estimate of drug-likeness (QED) is 0.0927. The van der Waals surface area contributed by atoms with E-state index in [2.05, 4.69) is 15.6 Å². The number of carbonyl (C=O) groups excluding carboxylic acids is 3. The van der Waals surface area contributed by atoms with Gasteiger partial charge in [0.05, 0.1) is 5.92 Å². The van der Waals surface area contributed by atoms with E-state index in [1.165, 1.54) is 11.8 Å². The Labute approximate surface area is 279 Å². The van der Waals surface area contributed by atoms with Crippen molar-refractivity contribution in [1.82, 2.24) is 15.6 Å². The number of alkyl carbamates (subject to hydrolysis) is 1. The summed E-state index contributed by atoms with van der Waals surface area (Å²) in [5.41, 5.74) is 8.94. The van der Waals surface area contributed by atoms with Crippen molar-refractivity contribution in [1.29, 1.82) is 0 Å². The van der Waals surface area contributed by atoms with Crippen LogP contribution in [0.1, 0.15) is 30.5 Å². The fraction of sp³-hybridized carbons (Fsp3) is 0.343. The van der Waals surface area contributed by atoms with Crippen LogP contribution in [-0.4, -0.2) is 57.3 Å². The third-order valence-electron chi connectivity index (χ3n) is 7.64. The Morgan fingerprint density at radius 2 is 1.53 bits per heavy atom. The summed E-state index contributed by atoms with van der Waals surface area (Å²) in [7, 11) is -4.26. The first-order chi connectivity index (χ1) is 22.5. The molecule has 10 nitrogen and oxygen atoms in total. The number of primary amides is 1. The van der Waals surface area contributed by atoms with Crippen molar-refractivity contribution in [2.24, 2.45) is 17.6 Å². The highest BCUT2D eigenvalue weighted by molar-refractivity contribution is 7.99. The first kappa shape index (κ1) is 35.8. The fourth-order valence-corrected chi connectivity index (χ4v) is 8.49. The Morgan fingerprint density at radius 1 is 0.894 bits per heavy atom. The molecule has 3 amide bonds. The van der Waals surface area contributed by atoms with E-state index in [-0.39, 0.29) is 25.2 Å². The number of hydrogen-bond acceptors (Lipinski definition) is 6. The van der Waals surface area contributed by atoms with E-state index in [0.29, 0.717) is 5.92 Å². The molecule has 4 rings (SSSR count). The van der Waals surface area contributed by atoms with Crippen molar-refractivity contribution in [2.75, 3.05) is 17.7 Å². The van der Waals surface area contributed by atoms with Gasteiger partial charge in [0, 0.05) is 41.9 Å². The maximum absolute atomic E-state index is 14.2. The number of thioether (sulfide) groups is 1. The molecule has 4 aromatic rings. The molecule has 0 fully saturated rings. The molecule has 6 N–H and O–H groups in total. The molecule has 0 bridgehead atoms. The van der Waals surface area contributed by atoms with Gasteiger partial charge >= 0.3 is 6.09 Å². The molecule has 0 saturated carbocycles. The lowest BCUT2D eigenvalue weighted by Crippen LogP contribution is -2.49. The van der Waals surface area contributed by atoms with Gasteiger partial charge in [0.1, 0.15) is 18.4 Å². The summed E-state index contributed by atoms with van der Waals surface area (Å²) in [5, 5.41) is 6.28. The molecule has 0 aliphatic carbocycles. The predicted molar refractivity (Wildman–Crippen MR) is 187 cm³/mol. The smallest absolute Gasteiger partial charge is 0.408 e. The van der Waals surface area contributed by atoms with Gasteiger partial charge in [-0.25, -0.2) is 4.79 Å². The van der Waals surface area contributed by atoms with Crippen LogP contribution in [0.2, 0.25) is 0 Å². The van der Waals surface area contributed by atoms with Crippen molar-refractivity contribution >= 4 is 47.9 Å². The normalized spacial score (nSPS) is 14.6. The molecule has 1 heterocycles. The van der Waals surface area contributed by atoms with Gasteiger partial charge in [-0.2, -0.15) is 11.8 Å². The minimum atomic E-state index is -4.26. The lowest BCUT2D eigenvalue weighted by molar-refractivity contribution is -0.129. The first-order valence-electron chi connectivity index (χ1n) is 15.6. The van der Waals surface area contributed by atoms with Crippen LogP contribution in [-0.2, 0) is 38.3 Å². The summed E-state index contributed by atoms with van der Waals surface area (Å²) in [6.45, 7) is 4.08. The van der Waals surface area contributed by atoms with Crippen LogP contribution >= 0.6 is 19.1 Å². The highest BCUT2D eigenvalue weighted by Gasteiger charge is 2.38. The Balaban J connectivity index is 1.52. The largest absolute Gasteiger partial charge is 0.445 e. The fourth-order valence-electron chi connectivity index (χ4n) is 5.17. The Kier molecular flexibility index (Phi) is 13.1. The molecule has 4 atom stereocenters. The third kappa shape index (κ3) is 11.0. The topological polar surface area (TPSA) is 164 Å². The second kappa shape index (κ2) is 17.2. The summed E-state index contributed by atoms with van der Waals surface area (Å²) in [5.74, 6) is -2.14. The number of aromatic nitrogens is 1. The molecule has 0 spiro atoms. The third-order valence-corrected chi connectivity index (χ3v) is 11.4. The maximum atomic E-state index is 14.2. The summed E-state index contributed by atoms with van der Waals surface area (Å²) < 4.78 is 19.5. The molecule has 0 saturated heterocycles. The lowest BCUT2D eigenvalue weighted by Gasteiger charge is -2.28. The van der Waals surface area contributed by atoms with E-state index in [9.17, 15) is 23.8 Å². The van der Waals surface area contributed by atoms with E-state index in [4.69, 9.17) is 10.5 Å². The standard InChI is InChI=1S/C35H43N4O6PS/c1-24(2)22-47-23-28(34(41)38-31(33(36)40)18-27-19-37-30-16-10-9-15-29(27)30)21-46(43,44)32(17-25-11-5-3-6-12-25)39-35(42)45-20-26-13-7-4-8-14-26/h3-16,19,24,28,31-32,37H,17-18,20-23H2,1-2H3,(H2,36,40)(H,38,41)(H,39,42)(H,43,44)/t28?,31-,32+/m0/s1. The zero-order valence-corrected chi connectivity index (χ0v) is 28.3. The van der Waals surface area contributed by atoms with E-state index in [1.807, 2.05) is 74.5 Å². The number of nitrogens with two attached hydrogens (primary N) is 1. The van der Waals surface area contributed by atoms with Crippen LogP contribution in [0.3, 0.4) is 0 Å². The number of para-hydroxylation sites is 1. The number of amides is 3. The zero-order chi connectivity index (χ0) is 33.8. The van der Waals surface area contributed by atoms with Crippen molar-refractivity contribution in [3.63, 3.8) is 0 Å². The number of aromatic amines is 1. The van der Waals surface area contributed by atoms with E-state index >= 15 is 0 Å². The van der Waals surface area contributed by atoms with E-state index in [0.717, 1.165) is 33.3 Å². The summed E-state index contributed by atoms with van der Waals surface area (Å²) in [4.78, 5) is 53.9. The molecular weight excluding hydrogens is 635 g/mol. The second-order valence-electron chi connectivity index (χ2n) is 12.0. The number of rotatable bonds is 17. The monoisotopic (exact) mass is 678 g/mol. The average molecular weight is 679 g/mol. The molecule has 250 valence electrons. The molecule has 0 aliphatic rings. The molecule has 2 unspecified atom stereocenters. The Hall–Kier alpha value is -4.05. The molecule has 47 heavy (non-hydrogen) atoms. The van der Waals surface area contributed by atoms with Crippen molar-refractivity contribution in [3.8, 4) is 0 Å². The van der Waals surface area contributed by atoms with Crippen molar-refractivity contribution in [2.45, 2.75) is 45.1 Å². The Bertz CT molecular complexity index is 1670. The van der Waals surface area contributed by atoms with Gasteiger partial charge in [-0.05, 0) is 34.4 Å². The van der Waals surface area contributed by atoms with Crippen molar-refractivity contribution in [3.05, 3.63) is 108 Å². The number of H-pyrrole nitrogens is 1. The van der Waals surface area contributed by atoms with Gasteiger partial charge in [-0.3, -0.25) is 14.2 Å². The van der Waals surface area contributed by atoms with Crippen LogP contribution in [0.15, 0.2) is 91.1 Å². The minimum absolute atomic E-state index is 0.0116. The van der Waals surface area contributed by atoms with Gasteiger partial charge < -0.3 is 31.0 Å². The lowest BCUT2D eigenvalue weighted by atomic mass is 10.0. The number of benzene rings is 3. The number of hydrogen-bond donors (Lipinski definition) is 5. The second-order valence-corrected chi connectivity index (χ2v) is 15.6. The van der Waals surface area contributed by atoms with Gasteiger partial charge in [-0.1, -0.05) is 92.7 Å². The molecule has 1 aromatic heterocycles. The molecular formula is C35H43N4O6PS. The average Bonchev–Trinajstić information content (AvgIpc) is 3.46. The van der Waals surface area contributed by atoms with E-state index in [1.54, 1.807) is 30.5 Å². The SMILES string of the molecule is CC(C)CSCC(CP(=O)(O)[C@H](Cc1ccccc1)NC(=O)OCc1ccccc1)C(=O)N[C@@H](Cc1c[nH]c2ccccc12)C(N)=O. The van der Waals surface area contributed by atoms with Crippen LogP contribution in [0.25, 0.3) is 10.9 Å². The van der Waals surface area contributed by atoms with Crippen LogP contribution in [0.5, 0.6) is 0 Å². The number of ether oxygens (including phenoxy) is 1. The molecule has 3 aromatic carbocycles. The highest BCUT2D eigenvalue weighted by atomic mass is 32.2. The van der Waals surface area contributed by atoms with Gasteiger partial charge in [0.2, 0.25) is 19.2 Å². The summed E-state index contributed by atoms with van der Waals surface area (Å²) >= 11 is 1.49. The first-order valence-corrected chi connectivity index (χ1v) is 18.6. The number of carbonyl (C=O) groups is 3. The molecule has 0 radical (unpaired) electrons. The molecule has 0 aliphatic heterocycles. The highest BCUT2D eigenvalue weighted by Crippen LogP contribution is 2.48. The van der Waals surface area contributed by atoms with Crippen LogP contribution in [0, 0.1) is 11.8 Å². The van der Waals surface area contributed by atoms with Gasteiger partial charge in [0.15, 0.2) is 0 Å². The minimum Gasteiger partial charge on any atom is -0.445 e. The van der Waals surface area contributed by atoms with Crippen molar-refractivity contribution < 1.29 is 28.6 Å². The van der Waals surface area contributed by atoms with Crippen LogP contribution < -0.4 is 16.4 Å². The Morgan fingerprint density at radius 3 is 2.19 bits per heavy atom. The summed E-state index contributed by atoms with van der Waals surface area (Å²) in [6, 6.07) is 24.7. The van der Waals surface area contributed by atoms with Gasteiger partial charge in [-0.15, -0.1) is 0 Å². The maximum Gasteiger partial charge on any atom is 0.408 e. The summed E-state index contributed by atoms with van der Waals surface area (Å²) in [6.07, 6.45) is 0.721. The molecule has 12 heteroatoms.